The van der Waals surface area contributed by atoms with E-state index in [2.05, 4.69) is 17.6 Å². The van der Waals surface area contributed by atoms with E-state index in [1.807, 2.05) is 0 Å². The van der Waals surface area contributed by atoms with Crippen molar-refractivity contribution in [2.75, 3.05) is 6.54 Å². The second-order valence-electron chi connectivity index (χ2n) is 5.82. The number of hydrogen-bond donors (Lipinski definition) is 3. The lowest BCUT2D eigenvalue weighted by Gasteiger charge is -2.41. The van der Waals surface area contributed by atoms with E-state index in [1.54, 1.807) is 0 Å². The van der Waals surface area contributed by atoms with Gasteiger partial charge in [-0.2, -0.15) is 0 Å². The Kier molecular flexibility index (Phi) is 3.02. The minimum atomic E-state index is -0.848. The van der Waals surface area contributed by atoms with Crippen LogP contribution in [0.3, 0.4) is 0 Å². The zero-order chi connectivity index (χ0) is 12.5. The normalized spacial score (nSPS) is 23.4. The molecule has 2 aliphatic rings. The van der Waals surface area contributed by atoms with Crippen LogP contribution >= 0.6 is 0 Å². The van der Waals surface area contributed by atoms with Crippen LogP contribution in [0.15, 0.2) is 0 Å². The van der Waals surface area contributed by atoms with Gasteiger partial charge in [-0.1, -0.05) is 6.92 Å². The van der Waals surface area contributed by atoms with Crippen molar-refractivity contribution in [2.45, 2.75) is 51.0 Å². The van der Waals surface area contributed by atoms with E-state index in [9.17, 15) is 9.59 Å². The first-order valence-electron chi connectivity index (χ1n) is 6.21. The summed E-state index contributed by atoms with van der Waals surface area (Å²) in [7, 11) is 0. The van der Waals surface area contributed by atoms with Crippen molar-refractivity contribution in [3.05, 3.63) is 0 Å². The molecule has 2 rings (SSSR count). The van der Waals surface area contributed by atoms with Gasteiger partial charge in [0.25, 0.3) is 0 Å². The monoisotopic (exact) mass is 240 g/mol. The number of aliphatic carboxylic acids is 1. The molecule has 2 aliphatic carbocycles. The van der Waals surface area contributed by atoms with Gasteiger partial charge in [0.15, 0.2) is 0 Å². The average molecular weight is 240 g/mol. The summed E-state index contributed by atoms with van der Waals surface area (Å²) in [5.74, 6) is -0.848. The minimum absolute atomic E-state index is 0.0255. The van der Waals surface area contributed by atoms with Crippen LogP contribution < -0.4 is 10.6 Å². The molecule has 0 bridgehead atoms. The van der Waals surface area contributed by atoms with Gasteiger partial charge in [0.05, 0.1) is 12.0 Å². The van der Waals surface area contributed by atoms with Crippen LogP contribution in [0, 0.1) is 5.41 Å². The molecule has 2 fully saturated rings. The Morgan fingerprint density at radius 2 is 1.88 bits per heavy atom. The number of urea groups is 1. The average Bonchev–Trinajstić information content (AvgIpc) is 2.90. The summed E-state index contributed by atoms with van der Waals surface area (Å²) in [6.45, 7) is 2.83. The maximum absolute atomic E-state index is 11.7. The van der Waals surface area contributed by atoms with Gasteiger partial charge in [-0.3, -0.25) is 4.79 Å². The van der Waals surface area contributed by atoms with Crippen molar-refractivity contribution in [2.24, 2.45) is 5.41 Å². The van der Waals surface area contributed by atoms with E-state index in [4.69, 9.17) is 5.11 Å². The third-order valence-electron chi connectivity index (χ3n) is 3.96. The van der Waals surface area contributed by atoms with E-state index in [-0.39, 0.29) is 17.9 Å². The molecule has 0 aromatic carbocycles. The molecule has 0 spiro atoms. The van der Waals surface area contributed by atoms with Gasteiger partial charge in [-0.25, -0.2) is 4.79 Å². The topological polar surface area (TPSA) is 78.4 Å². The number of carboxylic acids is 1. The van der Waals surface area contributed by atoms with Crippen LogP contribution in [0.25, 0.3) is 0 Å². The molecule has 17 heavy (non-hydrogen) atoms. The SMILES string of the molecule is CC1(CNC(=O)NC2(CC(=O)O)CCC2)CC1. The Hall–Kier alpha value is -1.26. The van der Waals surface area contributed by atoms with Gasteiger partial charge < -0.3 is 15.7 Å². The number of carbonyl (C=O) groups is 2. The lowest BCUT2D eigenvalue weighted by Crippen LogP contribution is -2.57. The molecular weight excluding hydrogens is 220 g/mol. The third kappa shape index (κ3) is 3.11. The summed E-state index contributed by atoms with van der Waals surface area (Å²) >= 11 is 0. The van der Waals surface area contributed by atoms with Crippen LogP contribution in [-0.4, -0.2) is 29.2 Å². The fourth-order valence-electron chi connectivity index (χ4n) is 2.21. The predicted octanol–water partition coefficient (Wildman–Crippen LogP) is 1.48. The van der Waals surface area contributed by atoms with Crippen molar-refractivity contribution in [3.63, 3.8) is 0 Å². The molecule has 0 aliphatic heterocycles. The Labute approximate surface area is 101 Å². The molecule has 0 unspecified atom stereocenters. The second kappa shape index (κ2) is 4.20. The van der Waals surface area contributed by atoms with Crippen LogP contribution in [0.1, 0.15) is 45.4 Å². The maximum Gasteiger partial charge on any atom is 0.315 e. The Bertz CT molecular complexity index is 333. The van der Waals surface area contributed by atoms with Gasteiger partial charge >= 0.3 is 12.0 Å². The molecular formula is C12H20N2O3. The lowest BCUT2D eigenvalue weighted by molar-refractivity contribution is -0.139. The molecule has 0 atom stereocenters. The zero-order valence-corrected chi connectivity index (χ0v) is 10.2. The van der Waals surface area contributed by atoms with Gasteiger partial charge in [-0.15, -0.1) is 0 Å². The zero-order valence-electron chi connectivity index (χ0n) is 10.2. The molecule has 3 N–H and O–H groups in total. The highest BCUT2D eigenvalue weighted by molar-refractivity contribution is 5.77. The van der Waals surface area contributed by atoms with Crippen molar-refractivity contribution < 1.29 is 14.7 Å². The molecule has 0 aromatic rings. The number of carbonyl (C=O) groups excluding carboxylic acids is 1. The van der Waals surface area contributed by atoms with E-state index in [0.717, 1.165) is 32.1 Å². The highest BCUT2D eigenvalue weighted by Gasteiger charge is 2.41. The quantitative estimate of drug-likeness (QED) is 0.681. The second-order valence-corrected chi connectivity index (χ2v) is 5.82. The molecule has 5 heteroatoms. The molecule has 2 amide bonds. The predicted molar refractivity (Wildman–Crippen MR) is 62.7 cm³/mol. The number of nitrogens with one attached hydrogen (secondary N) is 2. The van der Waals surface area contributed by atoms with Crippen molar-refractivity contribution in [1.29, 1.82) is 0 Å². The number of carboxylic acid groups (broad SMARTS) is 1. The van der Waals surface area contributed by atoms with E-state index in [1.165, 1.54) is 0 Å². The minimum Gasteiger partial charge on any atom is -0.481 e. The fraction of sp³-hybridized carbons (Fsp3) is 0.833. The molecule has 96 valence electrons. The van der Waals surface area contributed by atoms with Gasteiger partial charge in [0, 0.05) is 6.54 Å². The standard InChI is InChI=1S/C12H20N2O3/c1-11(5-6-11)8-13-10(17)14-12(3-2-4-12)7-9(15)16/h2-8H2,1H3,(H,15,16)(H2,13,14,17). The van der Waals surface area contributed by atoms with Gasteiger partial charge in [0.1, 0.15) is 0 Å². The number of amides is 2. The van der Waals surface area contributed by atoms with Crippen LogP contribution in [0.5, 0.6) is 0 Å². The van der Waals surface area contributed by atoms with Crippen LogP contribution in [0.4, 0.5) is 4.79 Å². The molecule has 0 radical (unpaired) electrons. The van der Waals surface area contributed by atoms with E-state index >= 15 is 0 Å². The largest absolute Gasteiger partial charge is 0.481 e. The van der Waals surface area contributed by atoms with Crippen LogP contribution in [-0.2, 0) is 4.79 Å². The molecule has 0 saturated heterocycles. The summed E-state index contributed by atoms with van der Waals surface area (Å²) in [6.07, 6.45) is 4.87. The number of hydrogen-bond acceptors (Lipinski definition) is 2. The Morgan fingerprint density at radius 3 is 2.29 bits per heavy atom. The molecule has 0 aromatic heterocycles. The van der Waals surface area contributed by atoms with Crippen molar-refractivity contribution in [1.82, 2.24) is 10.6 Å². The van der Waals surface area contributed by atoms with E-state index < -0.39 is 11.5 Å². The smallest absolute Gasteiger partial charge is 0.315 e. The summed E-state index contributed by atoms with van der Waals surface area (Å²) in [6, 6.07) is -0.223. The molecule has 5 nitrogen and oxygen atoms in total. The highest BCUT2D eigenvalue weighted by atomic mass is 16.4. The maximum atomic E-state index is 11.7. The first-order chi connectivity index (χ1) is 7.93. The van der Waals surface area contributed by atoms with Crippen LogP contribution in [0.2, 0.25) is 0 Å². The van der Waals surface area contributed by atoms with Crippen molar-refractivity contribution >= 4 is 12.0 Å². The molecule has 2 saturated carbocycles. The first-order valence-corrected chi connectivity index (χ1v) is 6.21. The summed E-state index contributed by atoms with van der Waals surface area (Å²) in [4.78, 5) is 22.4. The van der Waals surface area contributed by atoms with E-state index in [0.29, 0.717) is 6.54 Å². The highest BCUT2D eigenvalue weighted by Crippen LogP contribution is 2.44. The lowest BCUT2D eigenvalue weighted by atomic mass is 9.74. The Balaban J connectivity index is 1.77. The first kappa shape index (κ1) is 12.2. The summed E-state index contributed by atoms with van der Waals surface area (Å²) < 4.78 is 0. The summed E-state index contributed by atoms with van der Waals surface area (Å²) in [5.41, 5.74) is -0.225. The van der Waals surface area contributed by atoms with Gasteiger partial charge in [0.2, 0.25) is 0 Å². The molecule has 0 heterocycles. The van der Waals surface area contributed by atoms with Crippen molar-refractivity contribution in [3.8, 4) is 0 Å². The van der Waals surface area contributed by atoms with Gasteiger partial charge in [-0.05, 0) is 37.5 Å². The third-order valence-corrected chi connectivity index (χ3v) is 3.96. The Morgan fingerprint density at radius 1 is 1.24 bits per heavy atom. The number of rotatable bonds is 5. The summed E-state index contributed by atoms with van der Waals surface area (Å²) in [5, 5.41) is 14.5. The fourth-order valence-corrected chi connectivity index (χ4v) is 2.21.